The first-order valence-electron chi connectivity index (χ1n) is 28.4. The quantitative estimate of drug-likeness (QED) is 0.0374. The van der Waals surface area contributed by atoms with Crippen LogP contribution < -0.4 is 0 Å². The van der Waals surface area contributed by atoms with Crippen molar-refractivity contribution in [3.63, 3.8) is 0 Å². The molecule has 0 heterocycles. The molecule has 1 atom stereocenters. The number of aliphatic hydroxyl groups is 1. The zero-order valence-electron chi connectivity index (χ0n) is 44.3. The number of rotatable bonds is 51. The van der Waals surface area contributed by atoms with Gasteiger partial charge in [0.2, 0.25) is 0 Å². The molecule has 0 rings (SSSR count). The molecule has 0 aliphatic heterocycles. The lowest BCUT2D eigenvalue weighted by Crippen LogP contribution is -2.28. The van der Waals surface area contributed by atoms with Crippen LogP contribution in [0.4, 0.5) is 0 Å². The van der Waals surface area contributed by atoms with Crippen molar-refractivity contribution in [1.82, 2.24) is 0 Å². The third-order valence-electron chi connectivity index (χ3n) is 12.1. The van der Waals surface area contributed by atoms with Crippen molar-refractivity contribution < 1.29 is 24.2 Å². The maximum Gasteiger partial charge on any atom is 0.306 e. The van der Waals surface area contributed by atoms with E-state index in [-0.39, 0.29) is 25.2 Å². The molecule has 0 bridgehead atoms. The Hall–Kier alpha value is -3.44. The molecule has 1 unspecified atom stereocenters. The van der Waals surface area contributed by atoms with E-state index in [1.807, 2.05) is 0 Å². The van der Waals surface area contributed by atoms with E-state index in [4.69, 9.17) is 9.47 Å². The standard InChI is InChI=1S/C63H106O5/c1-3-5-7-9-11-13-15-17-19-21-23-25-26-27-28-29-30-31-32-33-34-35-36-38-40-42-44-46-48-50-52-54-56-58-63(66)68-61(59-64)60-67-62(65)57-55-53-51-49-47-45-43-41-39-37-24-22-20-18-16-14-12-10-8-6-4-2/h5-8,11-14,17-20,23-25,27-28,37,61,64H,3-4,9-10,15-16,21-22,26,29-36,38-60H2,1-2H3/b7-5-,8-6-,13-11-,14-12-,19-17-,20-18-,25-23-,28-27-,37-24-. The molecule has 1 N–H and O–H groups in total. The Bertz CT molecular complexity index is 1340. The Labute approximate surface area is 421 Å². The van der Waals surface area contributed by atoms with Gasteiger partial charge in [0.15, 0.2) is 6.10 Å². The third kappa shape index (κ3) is 55.2. The van der Waals surface area contributed by atoms with Gasteiger partial charge in [-0.3, -0.25) is 9.59 Å². The smallest absolute Gasteiger partial charge is 0.306 e. The van der Waals surface area contributed by atoms with Gasteiger partial charge in [-0.2, -0.15) is 0 Å². The van der Waals surface area contributed by atoms with Crippen LogP contribution in [0.2, 0.25) is 0 Å². The Morgan fingerprint density at radius 1 is 0.338 bits per heavy atom. The highest BCUT2D eigenvalue weighted by molar-refractivity contribution is 5.70. The Kier molecular flexibility index (Phi) is 54.9. The number of allylic oxidation sites excluding steroid dienone is 18. The number of carbonyl (C=O) groups is 2. The molecular weight excluding hydrogens is 837 g/mol. The number of esters is 2. The zero-order chi connectivity index (χ0) is 49.2. The molecule has 0 aromatic carbocycles. The first kappa shape index (κ1) is 64.6. The van der Waals surface area contributed by atoms with Gasteiger partial charge in [-0.05, 0) is 96.3 Å². The van der Waals surface area contributed by atoms with Gasteiger partial charge in [0.25, 0.3) is 0 Å². The molecule has 0 saturated carbocycles. The average molecular weight is 944 g/mol. The SMILES string of the molecule is CC/C=C\C/C=C\C/C=C\C/C=C\C/C=C\CCCCCCCCCCCCCCCCCCCC(=O)OC(CO)COC(=O)CCCCCCCCCC/C=C\C/C=C\C/C=C\C/C=C\CC. The van der Waals surface area contributed by atoms with E-state index >= 15 is 0 Å². The summed E-state index contributed by atoms with van der Waals surface area (Å²) in [5, 5.41) is 9.65. The lowest BCUT2D eigenvalue weighted by atomic mass is 10.0. The molecule has 0 radical (unpaired) electrons. The lowest BCUT2D eigenvalue weighted by molar-refractivity contribution is -0.161. The molecular formula is C63H106O5. The van der Waals surface area contributed by atoms with E-state index in [9.17, 15) is 14.7 Å². The highest BCUT2D eigenvalue weighted by Gasteiger charge is 2.16. The summed E-state index contributed by atoms with van der Waals surface area (Å²) in [4.78, 5) is 24.5. The van der Waals surface area contributed by atoms with Crippen LogP contribution in [0.15, 0.2) is 109 Å². The second kappa shape index (κ2) is 57.9. The largest absolute Gasteiger partial charge is 0.462 e. The molecule has 388 valence electrons. The van der Waals surface area contributed by atoms with Crippen LogP contribution in [-0.4, -0.2) is 36.4 Å². The molecule has 5 nitrogen and oxygen atoms in total. The average Bonchev–Trinajstić information content (AvgIpc) is 3.34. The molecule has 0 spiro atoms. The van der Waals surface area contributed by atoms with E-state index in [1.54, 1.807) is 0 Å². The lowest BCUT2D eigenvalue weighted by Gasteiger charge is -2.15. The zero-order valence-corrected chi connectivity index (χ0v) is 44.3. The number of unbranched alkanes of at least 4 members (excludes halogenated alkanes) is 25. The maximum absolute atomic E-state index is 12.3. The molecule has 0 fully saturated rings. The maximum atomic E-state index is 12.3. The van der Waals surface area contributed by atoms with Crippen LogP contribution in [0.25, 0.3) is 0 Å². The molecule has 0 aromatic heterocycles. The summed E-state index contributed by atoms with van der Waals surface area (Å²) in [6.07, 6.45) is 83.5. The minimum absolute atomic E-state index is 0.0735. The summed E-state index contributed by atoms with van der Waals surface area (Å²) < 4.78 is 10.7. The highest BCUT2D eigenvalue weighted by Crippen LogP contribution is 2.16. The topological polar surface area (TPSA) is 72.8 Å². The van der Waals surface area contributed by atoms with Gasteiger partial charge in [0, 0.05) is 12.8 Å². The summed E-state index contributed by atoms with van der Waals surface area (Å²) in [5.41, 5.74) is 0. The normalized spacial score (nSPS) is 13.0. The van der Waals surface area contributed by atoms with Crippen molar-refractivity contribution in [2.45, 2.75) is 264 Å². The summed E-state index contributed by atoms with van der Waals surface area (Å²) >= 11 is 0. The Morgan fingerprint density at radius 3 is 0.882 bits per heavy atom. The van der Waals surface area contributed by atoms with Gasteiger partial charge in [0.05, 0.1) is 6.61 Å². The Balaban J connectivity index is 3.49. The number of ether oxygens (including phenoxy) is 2. The second-order valence-corrected chi connectivity index (χ2v) is 18.6. The Morgan fingerprint density at radius 2 is 0.588 bits per heavy atom. The summed E-state index contributed by atoms with van der Waals surface area (Å²) in [5.74, 6) is -0.598. The third-order valence-corrected chi connectivity index (χ3v) is 12.1. The number of carbonyl (C=O) groups excluding carboxylic acids is 2. The van der Waals surface area contributed by atoms with E-state index in [1.165, 1.54) is 128 Å². The van der Waals surface area contributed by atoms with E-state index in [0.29, 0.717) is 12.8 Å². The minimum atomic E-state index is -0.782. The van der Waals surface area contributed by atoms with E-state index < -0.39 is 6.10 Å². The molecule has 0 amide bonds. The van der Waals surface area contributed by atoms with Gasteiger partial charge >= 0.3 is 11.9 Å². The molecule has 5 heteroatoms. The van der Waals surface area contributed by atoms with Crippen LogP contribution in [-0.2, 0) is 19.1 Å². The van der Waals surface area contributed by atoms with Crippen molar-refractivity contribution >= 4 is 11.9 Å². The van der Waals surface area contributed by atoms with Crippen LogP contribution in [0.5, 0.6) is 0 Å². The van der Waals surface area contributed by atoms with Crippen molar-refractivity contribution in [3.8, 4) is 0 Å². The van der Waals surface area contributed by atoms with Crippen molar-refractivity contribution in [2.75, 3.05) is 13.2 Å². The predicted octanol–water partition coefficient (Wildman–Crippen LogP) is 19.3. The van der Waals surface area contributed by atoms with Crippen LogP contribution in [0.3, 0.4) is 0 Å². The van der Waals surface area contributed by atoms with E-state index in [2.05, 4.69) is 123 Å². The molecule has 68 heavy (non-hydrogen) atoms. The van der Waals surface area contributed by atoms with Crippen LogP contribution in [0.1, 0.15) is 258 Å². The summed E-state index contributed by atoms with van der Waals surface area (Å²) in [7, 11) is 0. The fourth-order valence-corrected chi connectivity index (χ4v) is 7.87. The van der Waals surface area contributed by atoms with Gasteiger partial charge in [-0.25, -0.2) is 0 Å². The van der Waals surface area contributed by atoms with Crippen molar-refractivity contribution in [3.05, 3.63) is 109 Å². The highest BCUT2D eigenvalue weighted by atomic mass is 16.6. The van der Waals surface area contributed by atoms with Crippen LogP contribution in [0, 0.1) is 0 Å². The first-order valence-corrected chi connectivity index (χ1v) is 28.4. The number of hydrogen-bond donors (Lipinski definition) is 1. The molecule has 0 aliphatic carbocycles. The minimum Gasteiger partial charge on any atom is -0.462 e. The molecule has 0 aliphatic rings. The van der Waals surface area contributed by atoms with Gasteiger partial charge in [-0.15, -0.1) is 0 Å². The summed E-state index contributed by atoms with van der Waals surface area (Å²) in [6.45, 7) is 3.92. The van der Waals surface area contributed by atoms with Crippen molar-refractivity contribution in [1.29, 1.82) is 0 Å². The molecule has 0 saturated heterocycles. The van der Waals surface area contributed by atoms with Gasteiger partial charge in [-0.1, -0.05) is 258 Å². The first-order chi connectivity index (χ1) is 33.6. The fourth-order valence-electron chi connectivity index (χ4n) is 7.87. The molecule has 0 aromatic rings. The monoisotopic (exact) mass is 943 g/mol. The van der Waals surface area contributed by atoms with Gasteiger partial charge in [0.1, 0.15) is 6.61 Å². The second-order valence-electron chi connectivity index (χ2n) is 18.6. The van der Waals surface area contributed by atoms with Crippen molar-refractivity contribution in [2.24, 2.45) is 0 Å². The number of aliphatic hydroxyl groups excluding tert-OH is 1. The predicted molar refractivity (Wildman–Crippen MR) is 297 cm³/mol. The van der Waals surface area contributed by atoms with Crippen LogP contribution >= 0.6 is 0 Å². The fraction of sp³-hybridized carbons (Fsp3) is 0.683. The number of hydrogen-bond acceptors (Lipinski definition) is 5. The van der Waals surface area contributed by atoms with E-state index in [0.717, 1.165) is 103 Å². The van der Waals surface area contributed by atoms with Gasteiger partial charge < -0.3 is 14.6 Å². The summed E-state index contributed by atoms with van der Waals surface area (Å²) in [6, 6.07) is 0.